The summed E-state index contributed by atoms with van der Waals surface area (Å²) in [4.78, 5) is 13.2. The zero-order chi connectivity index (χ0) is 13.7. The number of nitrogens with two attached hydrogens (primary N) is 1. The molecule has 1 aromatic carbocycles. The monoisotopic (exact) mass is 251 g/mol. The number of phenols is 1. The Hall–Kier alpha value is -2.24. The van der Waals surface area contributed by atoms with Crippen LogP contribution in [0.5, 0.6) is 5.75 Å². The molecule has 1 unspecified atom stereocenters. The molecule has 0 aliphatic heterocycles. The van der Waals surface area contributed by atoms with Gasteiger partial charge in [-0.2, -0.15) is 0 Å². The van der Waals surface area contributed by atoms with E-state index >= 15 is 0 Å². The van der Waals surface area contributed by atoms with Gasteiger partial charge in [0, 0.05) is 7.05 Å². The number of guanidine groups is 1. The highest BCUT2D eigenvalue weighted by Gasteiger charge is 2.16. The first-order valence-electron chi connectivity index (χ1n) is 5.46. The first-order valence-corrected chi connectivity index (χ1v) is 5.46. The van der Waals surface area contributed by atoms with Crippen LogP contribution in [0.15, 0.2) is 24.3 Å². The smallest absolute Gasteiger partial charge is 0.342 e. The second-order valence-corrected chi connectivity index (χ2v) is 4.00. The largest absolute Gasteiger partial charge is 0.507 e. The molecule has 6 nitrogen and oxygen atoms in total. The van der Waals surface area contributed by atoms with Crippen LogP contribution in [-0.2, 0) is 4.74 Å². The number of nitrogens with zero attached hydrogens (tertiary/aromatic N) is 1. The van der Waals surface area contributed by atoms with Crippen LogP contribution >= 0.6 is 0 Å². The summed E-state index contributed by atoms with van der Waals surface area (Å²) in [7, 11) is 1.63. The van der Waals surface area contributed by atoms with Crippen LogP contribution in [0.2, 0.25) is 0 Å². The minimum absolute atomic E-state index is 0.0968. The van der Waals surface area contributed by atoms with Gasteiger partial charge < -0.3 is 20.5 Å². The lowest BCUT2D eigenvalue weighted by Gasteiger charge is -2.21. The van der Waals surface area contributed by atoms with Crippen LogP contribution in [0, 0.1) is 5.41 Å². The zero-order valence-electron chi connectivity index (χ0n) is 10.4. The van der Waals surface area contributed by atoms with Crippen LogP contribution in [0.1, 0.15) is 17.3 Å². The summed E-state index contributed by atoms with van der Waals surface area (Å²) in [6.07, 6.45) is -0.439. The molecule has 6 heteroatoms. The molecule has 18 heavy (non-hydrogen) atoms. The third kappa shape index (κ3) is 3.65. The second kappa shape index (κ2) is 5.90. The van der Waals surface area contributed by atoms with Gasteiger partial charge in [0.25, 0.3) is 0 Å². The summed E-state index contributed by atoms with van der Waals surface area (Å²) in [6, 6.07) is 6.17. The van der Waals surface area contributed by atoms with Crippen molar-refractivity contribution >= 4 is 11.9 Å². The maximum atomic E-state index is 11.7. The van der Waals surface area contributed by atoms with Gasteiger partial charge in [-0.05, 0) is 19.1 Å². The van der Waals surface area contributed by atoms with Crippen molar-refractivity contribution in [3.63, 3.8) is 0 Å². The number of nitrogens with one attached hydrogen (secondary N) is 1. The van der Waals surface area contributed by atoms with E-state index in [1.807, 2.05) is 0 Å². The zero-order valence-corrected chi connectivity index (χ0v) is 10.4. The Morgan fingerprint density at radius 3 is 2.72 bits per heavy atom. The van der Waals surface area contributed by atoms with Crippen LogP contribution in [0.25, 0.3) is 0 Å². The molecule has 0 aromatic heterocycles. The van der Waals surface area contributed by atoms with Crippen molar-refractivity contribution in [2.75, 3.05) is 13.6 Å². The number of benzene rings is 1. The van der Waals surface area contributed by atoms with Gasteiger partial charge in [-0.25, -0.2) is 4.79 Å². The van der Waals surface area contributed by atoms with Crippen LogP contribution in [-0.4, -0.2) is 41.6 Å². The third-order valence-electron chi connectivity index (χ3n) is 2.37. The predicted octanol–water partition coefficient (Wildman–Crippen LogP) is 0.763. The molecule has 4 N–H and O–H groups in total. The van der Waals surface area contributed by atoms with Crippen molar-refractivity contribution in [2.24, 2.45) is 5.73 Å². The summed E-state index contributed by atoms with van der Waals surface area (Å²) in [6.45, 7) is 2.01. The standard InChI is InChI=1S/C12H17N3O3/c1-8(7-15(2)12(13)14)18-11(17)9-5-3-4-6-10(9)16/h3-6,8,16H,7H2,1-2H3,(H3,13,14). The molecule has 0 bridgehead atoms. The summed E-state index contributed by atoms with van der Waals surface area (Å²) < 4.78 is 5.15. The molecule has 0 fully saturated rings. The van der Waals surface area contributed by atoms with Gasteiger partial charge >= 0.3 is 5.97 Å². The van der Waals surface area contributed by atoms with E-state index in [0.717, 1.165) is 0 Å². The average molecular weight is 251 g/mol. The van der Waals surface area contributed by atoms with Gasteiger partial charge in [-0.3, -0.25) is 5.41 Å². The number of likely N-dealkylation sites (N-methyl/N-ethyl adjacent to an activating group) is 1. The Labute approximate surface area is 105 Å². The number of ether oxygens (including phenoxy) is 1. The molecular weight excluding hydrogens is 234 g/mol. The molecule has 0 aliphatic rings. The van der Waals surface area contributed by atoms with Crippen LogP contribution in [0.3, 0.4) is 0 Å². The number of carbonyl (C=O) groups excluding carboxylic acids is 1. The number of hydrogen-bond acceptors (Lipinski definition) is 4. The van der Waals surface area contributed by atoms with Crippen molar-refractivity contribution in [1.29, 1.82) is 5.41 Å². The first kappa shape index (κ1) is 13.8. The van der Waals surface area contributed by atoms with Crippen LogP contribution in [0.4, 0.5) is 0 Å². The van der Waals surface area contributed by atoms with Gasteiger partial charge in [0.2, 0.25) is 0 Å². The van der Waals surface area contributed by atoms with Gasteiger partial charge in [-0.1, -0.05) is 12.1 Å². The van der Waals surface area contributed by atoms with Gasteiger partial charge in [-0.15, -0.1) is 0 Å². The van der Waals surface area contributed by atoms with Crippen molar-refractivity contribution in [2.45, 2.75) is 13.0 Å². The highest BCUT2D eigenvalue weighted by molar-refractivity contribution is 5.92. The lowest BCUT2D eigenvalue weighted by Crippen LogP contribution is -2.39. The van der Waals surface area contributed by atoms with E-state index < -0.39 is 12.1 Å². The molecule has 1 aromatic rings. The van der Waals surface area contributed by atoms with E-state index in [-0.39, 0.29) is 17.3 Å². The number of esters is 1. The normalized spacial score (nSPS) is 11.7. The van der Waals surface area contributed by atoms with Crippen molar-refractivity contribution in [3.05, 3.63) is 29.8 Å². The second-order valence-electron chi connectivity index (χ2n) is 4.00. The molecular formula is C12H17N3O3. The lowest BCUT2D eigenvalue weighted by molar-refractivity contribution is 0.0304. The third-order valence-corrected chi connectivity index (χ3v) is 2.37. The summed E-state index contributed by atoms with van der Waals surface area (Å²) in [5.74, 6) is -0.812. The SMILES string of the molecule is CC(CN(C)C(=N)N)OC(=O)c1ccccc1O. The van der Waals surface area contributed by atoms with Gasteiger partial charge in [0.1, 0.15) is 17.4 Å². The quantitative estimate of drug-likeness (QED) is 0.417. The van der Waals surface area contributed by atoms with E-state index in [1.165, 1.54) is 17.0 Å². The van der Waals surface area contributed by atoms with E-state index in [4.69, 9.17) is 15.9 Å². The topological polar surface area (TPSA) is 99.6 Å². The fourth-order valence-electron chi connectivity index (χ4n) is 1.41. The minimum atomic E-state index is -0.599. The highest BCUT2D eigenvalue weighted by atomic mass is 16.5. The maximum Gasteiger partial charge on any atom is 0.342 e. The maximum absolute atomic E-state index is 11.7. The number of phenolic OH excluding ortho intramolecular Hbond substituents is 1. The Bertz CT molecular complexity index is 448. The van der Waals surface area contributed by atoms with Crippen molar-refractivity contribution in [1.82, 2.24) is 4.90 Å². The molecule has 0 amide bonds. The van der Waals surface area contributed by atoms with Crippen molar-refractivity contribution in [3.8, 4) is 5.75 Å². The first-order chi connectivity index (χ1) is 8.41. The molecule has 0 spiro atoms. The minimum Gasteiger partial charge on any atom is -0.507 e. The molecule has 0 aliphatic carbocycles. The molecule has 1 rings (SSSR count). The van der Waals surface area contributed by atoms with Gasteiger partial charge in [0.05, 0.1) is 6.54 Å². The summed E-state index contributed by atoms with van der Waals surface area (Å²) in [5.41, 5.74) is 5.40. The number of aromatic hydroxyl groups is 1. The number of para-hydroxylation sites is 1. The van der Waals surface area contributed by atoms with Gasteiger partial charge in [0.15, 0.2) is 5.96 Å². The summed E-state index contributed by atoms with van der Waals surface area (Å²) in [5, 5.41) is 16.7. The molecule has 0 saturated carbocycles. The number of rotatable bonds is 4. The fourth-order valence-corrected chi connectivity index (χ4v) is 1.41. The van der Waals surface area contributed by atoms with E-state index in [2.05, 4.69) is 0 Å². The molecule has 0 saturated heterocycles. The highest BCUT2D eigenvalue weighted by Crippen LogP contribution is 2.17. The Balaban J connectivity index is 2.60. The van der Waals surface area contributed by atoms with Crippen molar-refractivity contribution < 1.29 is 14.6 Å². The Kier molecular flexibility index (Phi) is 4.53. The number of carbonyl (C=O) groups is 1. The molecule has 98 valence electrons. The molecule has 0 heterocycles. The Morgan fingerprint density at radius 1 is 1.56 bits per heavy atom. The van der Waals surface area contributed by atoms with E-state index in [1.54, 1.807) is 26.1 Å². The predicted molar refractivity (Wildman–Crippen MR) is 67.5 cm³/mol. The lowest BCUT2D eigenvalue weighted by atomic mass is 10.2. The summed E-state index contributed by atoms with van der Waals surface area (Å²) >= 11 is 0. The van der Waals surface area contributed by atoms with E-state index in [0.29, 0.717) is 6.54 Å². The van der Waals surface area contributed by atoms with Crippen LogP contribution < -0.4 is 5.73 Å². The molecule has 0 radical (unpaired) electrons. The average Bonchev–Trinajstić information content (AvgIpc) is 2.28. The van der Waals surface area contributed by atoms with E-state index in [9.17, 15) is 9.90 Å². The fraction of sp³-hybridized carbons (Fsp3) is 0.333. The number of hydrogen-bond donors (Lipinski definition) is 3. The Morgan fingerprint density at radius 2 is 2.17 bits per heavy atom. The molecule has 1 atom stereocenters.